The van der Waals surface area contributed by atoms with Crippen molar-refractivity contribution in [3.63, 3.8) is 0 Å². The van der Waals surface area contributed by atoms with Crippen LogP contribution in [0.2, 0.25) is 0 Å². The third kappa shape index (κ3) is 1.98. The molecule has 1 heterocycles. The van der Waals surface area contributed by atoms with Crippen molar-refractivity contribution in [3.8, 4) is 0 Å². The van der Waals surface area contributed by atoms with Crippen LogP contribution in [0, 0.1) is 0 Å². The van der Waals surface area contributed by atoms with Crippen molar-refractivity contribution in [1.82, 2.24) is 0 Å². The Bertz CT molecular complexity index is 345. The molecule has 0 fully saturated rings. The lowest BCUT2D eigenvalue weighted by atomic mass is 10.0. The van der Waals surface area contributed by atoms with Gasteiger partial charge in [-0.05, 0) is 24.1 Å². The highest BCUT2D eigenvalue weighted by Gasteiger charge is 2.19. The summed E-state index contributed by atoms with van der Waals surface area (Å²) in [5.41, 5.74) is 2.22. The third-order valence-corrected chi connectivity index (χ3v) is 2.89. The van der Waals surface area contributed by atoms with Gasteiger partial charge in [0.15, 0.2) is 0 Å². The highest BCUT2D eigenvalue weighted by atomic mass is 79.9. The van der Waals surface area contributed by atoms with Crippen LogP contribution in [-0.4, -0.2) is 11.8 Å². The van der Waals surface area contributed by atoms with Crippen molar-refractivity contribution >= 4 is 21.6 Å². The molecule has 0 saturated heterocycles. The van der Waals surface area contributed by atoms with Gasteiger partial charge < -0.3 is 4.84 Å². The highest BCUT2D eigenvalue weighted by molar-refractivity contribution is 9.10. The fourth-order valence-corrected chi connectivity index (χ4v) is 1.72. The average molecular weight is 254 g/mol. The molecule has 3 heteroatoms. The van der Waals surface area contributed by atoms with E-state index >= 15 is 0 Å². The second kappa shape index (κ2) is 4.13. The normalized spacial score (nSPS) is 20.4. The SMILES string of the molecule is CCC1CC(c2ccc(Br)cc2)=NO1. The number of rotatable bonds is 2. The Kier molecular flexibility index (Phi) is 2.87. The van der Waals surface area contributed by atoms with E-state index in [0.29, 0.717) is 0 Å². The van der Waals surface area contributed by atoms with E-state index in [9.17, 15) is 0 Å². The summed E-state index contributed by atoms with van der Waals surface area (Å²) in [6.45, 7) is 2.12. The lowest BCUT2D eigenvalue weighted by Gasteiger charge is -2.02. The minimum Gasteiger partial charge on any atom is -0.392 e. The molecule has 0 aromatic heterocycles. The number of halogens is 1. The molecule has 1 aromatic carbocycles. The molecule has 2 rings (SSSR count). The van der Waals surface area contributed by atoms with Crippen molar-refractivity contribution < 1.29 is 4.84 Å². The standard InChI is InChI=1S/C11H12BrNO/c1-2-10-7-11(13-14-10)8-3-5-9(12)6-4-8/h3-6,10H,2,7H2,1H3. The summed E-state index contributed by atoms with van der Waals surface area (Å²) < 4.78 is 1.09. The van der Waals surface area contributed by atoms with Crippen molar-refractivity contribution in [2.24, 2.45) is 5.16 Å². The maximum Gasteiger partial charge on any atom is 0.133 e. The molecular weight excluding hydrogens is 242 g/mol. The van der Waals surface area contributed by atoms with Crippen molar-refractivity contribution in [3.05, 3.63) is 34.3 Å². The second-order valence-corrected chi connectivity index (χ2v) is 4.30. The summed E-state index contributed by atoms with van der Waals surface area (Å²) in [5.74, 6) is 0. The fraction of sp³-hybridized carbons (Fsp3) is 0.364. The van der Waals surface area contributed by atoms with Gasteiger partial charge in [-0.1, -0.05) is 40.1 Å². The maximum absolute atomic E-state index is 5.28. The van der Waals surface area contributed by atoms with Crippen LogP contribution in [0.15, 0.2) is 33.9 Å². The van der Waals surface area contributed by atoms with E-state index in [1.165, 1.54) is 0 Å². The van der Waals surface area contributed by atoms with Gasteiger partial charge in [0.25, 0.3) is 0 Å². The first-order valence-corrected chi connectivity index (χ1v) is 5.57. The van der Waals surface area contributed by atoms with Gasteiger partial charge in [-0.2, -0.15) is 0 Å². The van der Waals surface area contributed by atoms with Crippen LogP contribution < -0.4 is 0 Å². The summed E-state index contributed by atoms with van der Waals surface area (Å²) in [5, 5.41) is 4.09. The maximum atomic E-state index is 5.28. The van der Waals surface area contributed by atoms with Crippen LogP contribution in [0.3, 0.4) is 0 Å². The number of oxime groups is 1. The minimum absolute atomic E-state index is 0.272. The van der Waals surface area contributed by atoms with E-state index in [2.05, 4.69) is 40.1 Å². The molecule has 0 N–H and O–H groups in total. The zero-order valence-electron chi connectivity index (χ0n) is 8.03. The van der Waals surface area contributed by atoms with Crippen LogP contribution in [0.25, 0.3) is 0 Å². The van der Waals surface area contributed by atoms with E-state index in [0.717, 1.165) is 28.6 Å². The van der Waals surface area contributed by atoms with E-state index in [1.807, 2.05) is 12.1 Å². The zero-order chi connectivity index (χ0) is 9.97. The first-order chi connectivity index (χ1) is 6.79. The van der Waals surface area contributed by atoms with E-state index in [1.54, 1.807) is 0 Å². The van der Waals surface area contributed by atoms with Crippen LogP contribution in [0.4, 0.5) is 0 Å². The number of nitrogens with zero attached hydrogens (tertiary/aromatic N) is 1. The van der Waals surface area contributed by atoms with Crippen LogP contribution in [0.1, 0.15) is 25.3 Å². The molecule has 1 aromatic rings. The topological polar surface area (TPSA) is 21.6 Å². The van der Waals surface area contributed by atoms with Crippen LogP contribution in [-0.2, 0) is 4.84 Å². The monoisotopic (exact) mass is 253 g/mol. The summed E-state index contributed by atoms with van der Waals surface area (Å²) in [6, 6.07) is 8.17. The predicted molar refractivity (Wildman–Crippen MR) is 60.5 cm³/mol. The molecule has 1 aliphatic rings. The smallest absolute Gasteiger partial charge is 0.133 e. The molecular formula is C11H12BrNO. The molecule has 1 unspecified atom stereocenters. The Morgan fingerprint density at radius 3 is 2.71 bits per heavy atom. The van der Waals surface area contributed by atoms with Crippen molar-refractivity contribution in [1.29, 1.82) is 0 Å². The Hall–Kier alpha value is -0.830. The quantitative estimate of drug-likeness (QED) is 0.793. The van der Waals surface area contributed by atoms with Gasteiger partial charge in [0.2, 0.25) is 0 Å². The first kappa shape index (κ1) is 9.71. The average Bonchev–Trinajstić information content (AvgIpc) is 2.67. The molecule has 1 atom stereocenters. The van der Waals surface area contributed by atoms with Gasteiger partial charge in [-0.3, -0.25) is 0 Å². The molecule has 0 amide bonds. The molecule has 0 radical (unpaired) electrons. The van der Waals surface area contributed by atoms with Gasteiger partial charge in [-0.15, -0.1) is 0 Å². The van der Waals surface area contributed by atoms with Gasteiger partial charge in [-0.25, -0.2) is 0 Å². The zero-order valence-corrected chi connectivity index (χ0v) is 9.62. The Labute approximate surface area is 92.1 Å². The lowest BCUT2D eigenvalue weighted by Crippen LogP contribution is -2.06. The number of hydrogen-bond donors (Lipinski definition) is 0. The molecule has 14 heavy (non-hydrogen) atoms. The van der Waals surface area contributed by atoms with Crippen LogP contribution in [0.5, 0.6) is 0 Å². The summed E-state index contributed by atoms with van der Waals surface area (Å²) in [4.78, 5) is 5.28. The largest absolute Gasteiger partial charge is 0.392 e. The van der Waals surface area contributed by atoms with E-state index < -0.39 is 0 Å². The number of hydrogen-bond acceptors (Lipinski definition) is 2. The minimum atomic E-state index is 0.272. The Balaban J connectivity index is 2.13. The summed E-state index contributed by atoms with van der Waals surface area (Å²) in [6.07, 6.45) is 2.22. The Morgan fingerprint density at radius 1 is 1.43 bits per heavy atom. The molecule has 0 aliphatic carbocycles. The predicted octanol–water partition coefficient (Wildman–Crippen LogP) is 3.35. The van der Waals surface area contributed by atoms with Gasteiger partial charge in [0, 0.05) is 10.9 Å². The third-order valence-electron chi connectivity index (χ3n) is 2.37. The molecule has 1 aliphatic heterocycles. The second-order valence-electron chi connectivity index (χ2n) is 3.38. The Morgan fingerprint density at radius 2 is 2.14 bits per heavy atom. The first-order valence-electron chi connectivity index (χ1n) is 4.78. The number of benzene rings is 1. The van der Waals surface area contributed by atoms with E-state index in [-0.39, 0.29) is 6.10 Å². The highest BCUT2D eigenvalue weighted by Crippen LogP contribution is 2.19. The summed E-state index contributed by atoms with van der Waals surface area (Å²) in [7, 11) is 0. The lowest BCUT2D eigenvalue weighted by molar-refractivity contribution is 0.0829. The fourth-order valence-electron chi connectivity index (χ4n) is 1.46. The van der Waals surface area contributed by atoms with Crippen molar-refractivity contribution in [2.45, 2.75) is 25.9 Å². The summed E-state index contributed by atoms with van der Waals surface area (Å²) >= 11 is 3.41. The van der Waals surface area contributed by atoms with Gasteiger partial charge in [0.05, 0.1) is 5.71 Å². The van der Waals surface area contributed by atoms with Crippen LogP contribution >= 0.6 is 15.9 Å². The molecule has 0 spiro atoms. The van der Waals surface area contributed by atoms with Crippen molar-refractivity contribution in [2.75, 3.05) is 0 Å². The molecule has 2 nitrogen and oxygen atoms in total. The van der Waals surface area contributed by atoms with Gasteiger partial charge >= 0.3 is 0 Å². The van der Waals surface area contributed by atoms with Gasteiger partial charge in [0.1, 0.15) is 6.10 Å². The van der Waals surface area contributed by atoms with E-state index in [4.69, 9.17) is 4.84 Å². The molecule has 74 valence electrons. The molecule has 0 bridgehead atoms. The molecule has 0 saturated carbocycles.